The monoisotopic (exact) mass is 445 g/mol. The molecule has 2 aromatic carbocycles. The van der Waals surface area contributed by atoms with Crippen LogP contribution in [0.25, 0.3) is 11.4 Å². The fourth-order valence-corrected chi connectivity index (χ4v) is 3.03. The van der Waals surface area contributed by atoms with Gasteiger partial charge in [-0.2, -0.15) is 4.98 Å². The fourth-order valence-electron chi connectivity index (χ4n) is 2.63. The van der Waals surface area contributed by atoms with Gasteiger partial charge < -0.3 is 19.3 Å². The normalized spacial score (nSPS) is 10.5. The van der Waals surface area contributed by atoms with Crippen molar-refractivity contribution in [2.24, 2.45) is 0 Å². The molecule has 0 aliphatic heterocycles. The van der Waals surface area contributed by atoms with Crippen molar-refractivity contribution in [3.63, 3.8) is 0 Å². The third kappa shape index (κ3) is 5.10. The predicted molar refractivity (Wildman–Crippen MR) is 107 cm³/mol. The molecule has 3 aromatic rings. The SMILES string of the molecule is COc1ccc(CCC(=O)NCc2nc(-c3cccc(Br)c3)no2)cc1OC. The van der Waals surface area contributed by atoms with Gasteiger partial charge in [-0.15, -0.1) is 0 Å². The van der Waals surface area contributed by atoms with Gasteiger partial charge in [-0.3, -0.25) is 4.79 Å². The van der Waals surface area contributed by atoms with Crippen molar-refractivity contribution >= 4 is 21.8 Å². The van der Waals surface area contributed by atoms with E-state index in [-0.39, 0.29) is 12.5 Å². The van der Waals surface area contributed by atoms with Gasteiger partial charge >= 0.3 is 0 Å². The predicted octanol–water partition coefficient (Wildman–Crippen LogP) is 3.77. The van der Waals surface area contributed by atoms with Gasteiger partial charge in [0.15, 0.2) is 11.5 Å². The number of hydrogen-bond donors (Lipinski definition) is 1. The summed E-state index contributed by atoms with van der Waals surface area (Å²) in [6, 6.07) is 13.2. The number of halogens is 1. The van der Waals surface area contributed by atoms with Gasteiger partial charge in [-0.25, -0.2) is 0 Å². The Bertz CT molecular complexity index is 958. The van der Waals surface area contributed by atoms with Crippen LogP contribution >= 0.6 is 15.9 Å². The molecule has 0 spiro atoms. The number of nitrogens with zero attached hydrogens (tertiary/aromatic N) is 2. The lowest BCUT2D eigenvalue weighted by Gasteiger charge is -2.09. The summed E-state index contributed by atoms with van der Waals surface area (Å²) < 4.78 is 16.6. The summed E-state index contributed by atoms with van der Waals surface area (Å²) in [7, 11) is 3.17. The Hall–Kier alpha value is -2.87. The van der Waals surface area contributed by atoms with E-state index in [0.717, 1.165) is 15.6 Å². The Morgan fingerprint density at radius 1 is 1.14 bits per heavy atom. The molecule has 0 saturated heterocycles. The van der Waals surface area contributed by atoms with Crippen LogP contribution in [0, 0.1) is 0 Å². The number of carbonyl (C=O) groups excluding carboxylic acids is 1. The van der Waals surface area contributed by atoms with E-state index in [1.165, 1.54) is 0 Å². The third-order valence-electron chi connectivity index (χ3n) is 4.08. The molecule has 0 atom stereocenters. The number of amides is 1. The maximum atomic E-state index is 12.1. The number of rotatable bonds is 8. The van der Waals surface area contributed by atoms with Crippen LogP contribution in [0.5, 0.6) is 11.5 Å². The number of carbonyl (C=O) groups is 1. The zero-order valence-corrected chi connectivity index (χ0v) is 17.2. The summed E-state index contributed by atoms with van der Waals surface area (Å²) in [6.45, 7) is 0.186. The highest BCUT2D eigenvalue weighted by Crippen LogP contribution is 2.28. The molecular weight excluding hydrogens is 426 g/mol. The minimum absolute atomic E-state index is 0.100. The molecule has 1 aromatic heterocycles. The number of benzene rings is 2. The molecular formula is C20H20BrN3O4. The Morgan fingerprint density at radius 2 is 1.96 bits per heavy atom. The molecule has 8 heteroatoms. The third-order valence-corrected chi connectivity index (χ3v) is 4.57. The minimum atomic E-state index is -0.100. The minimum Gasteiger partial charge on any atom is -0.493 e. The number of ether oxygens (including phenoxy) is 2. The van der Waals surface area contributed by atoms with Crippen molar-refractivity contribution in [2.75, 3.05) is 14.2 Å². The molecule has 1 amide bonds. The molecule has 3 rings (SSSR count). The quantitative estimate of drug-likeness (QED) is 0.567. The van der Waals surface area contributed by atoms with Gasteiger partial charge in [0.05, 0.1) is 20.8 Å². The van der Waals surface area contributed by atoms with Crippen molar-refractivity contribution < 1.29 is 18.8 Å². The second-order valence-electron chi connectivity index (χ2n) is 5.99. The molecule has 1 heterocycles. The van der Waals surface area contributed by atoms with E-state index >= 15 is 0 Å². The number of nitrogens with one attached hydrogen (secondary N) is 1. The average Bonchev–Trinajstić information content (AvgIpc) is 3.19. The average molecular weight is 446 g/mol. The molecule has 0 bridgehead atoms. The number of aryl methyl sites for hydroxylation is 1. The maximum Gasteiger partial charge on any atom is 0.246 e. The highest BCUT2D eigenvalue weighted by molar-refractivity contribution is 9.10. The number of aromatic nitrogens is 2. The summed E-state index contributed by atoms with van der Waals surface area (Å²) in [5, 5.41) is 6.75. The molecule has 0 radical (unpaired) electrons. The van der Waals surface area contributed by atoms with Gasteiger partial charge in [-0.05, 0) is 36.2 Å². The summed E-state index contributed by atoms with van der Waals surface area (Å²) in [5.74, 6) is 2.04. The van der Waals surface area contributed by atoms with Crippen LogP contribution in [0.4, 0.5) is 0 Å². The first kappa shape index (κ1) is 19.9. The van der Waals surface area contributed by atoms with Crippen molar-refractivity contribution in [1.29, 1.82) is 0 Å². The van der Waals surface area contributed by atoms with Crippen LogP contribution in [0.15, 0.2) is 51.5 Å². The first-order chi connectivity index (χ1) is 13.6. The van der Waals surface area contributed by atoms with E-state index in [9.17, 15) is 4.79 Å². The molecule has 7 nitrogen and oxygen atoms in total. The first-order valence-electron chi connectivity index (χ1n) is 8.65. The molecule has 146 valence electrons. The van der Waals surface area contributed by atoms with Gasteiger partial charge in [0.25, 0.3) is 0 Å². The van der Waals surface area contributed by atoms with Crippen LogP contribution < -0.4 is 14.8 Å². The summed E-state index contributed by atoms with van der Waals surface area (Å²) >= 11 is 3.41. The highest BCUT2D eigenvalue weighted by Gasteiger charge is 2.11. The molecule has 0 fully saturated rings. The van der Waals surface area contributed by atoms with Gasteiger partial charge in [-0.1, -0.05) is 39.3 Å². The van der Waals surface area contributed by atoms with Crippen molar-refractivity contribution in [2.45, 2.75) is 19.4 Å². The van der Waals surface area contributed by atoms with Crippen LogP contribution in [-0.4, -0.2) is 30.3 Å². The van der Waals surface area contributed by atoms with Gasteiger partial charge in [0, 0.05) is 16.5 Å². The standard InChI is InChI=1S/C20H20BrN3O4/c1-26-16-8-6-13(10-17(16)27-2)7-9-18(25)22-12-19-23-20(24-28-19)14-4-3-5-15(21)11-14/h3-6,8,10-11H,7,9,12H2,1-2H3,(H,22,25). The van der Waals surface area contributed by atoms with Crippen LogP contribution in [0.2, 0.25) is 0 Å². The molecule has 0 aliphatic carbocycles. The molecule has 28 heavy (non-hydrogen) atoms. The molecule has 0 saturated carbocycles. The van der Waals surface area contributed by atoms with Crippen LogP contribution in [0.3, 0.4) is 0 Å². The topological polar surface area (TPSA) is 86.5 Å². The first-order valence-corrected chi connectivity index (χ1v) is 9.44. The summed E-state index contributed by atoms with van der Waals surface area (Å²) in [4.78, 5) is 16.4. The Kier molecular flexibility index (Phi) is 6.65. The highest BCUT2D eigenvalue weighted by atomic mass is 79.9. The zero-order valence-electron chi connectivity index (χ0n) is 15.6. The number of methoxy groups -OCH3 is 2. The second-order valence-corrected chi connectivity index (χ2v) is 6.90. The van der Waals surface area contributed by atoms with Crippen LogP contribution in [0.1, 0.15) is 17.9 Å². The van der Waals surface area contributed by atoms with E-state index in [4.69, 9.17) is 14.0 Å². The van der Waals surface area contributed by atoms with E-state index in [2.05, 4.69) is 31.4 Å². The summed E-state index contributed by atoms with van der Waals surface area (Å²) in [5.41, 5.74) is 1.83. The second kappa shape index (κ2) is 9.36. The lowest BCUT2D eigenvalue weighted by molar-refractivity contribution is -0.121. The van der Waals surface area contributed by atoms with E-state index in [1.54, 1.807) is 14.2 Å². The van der Waals surface area contributed by atoms with E-state index in [1.807, 2.05) is 42.5 Å². The van der Waals surface area contributed by atoms with Crippen molar-refractivity contribution in [3.8, 4) is 22.9 Å². The van der Waals surface area contributed by atoms with E-state index in [0.29, 0.717) is 36.1 Å². The molecule has 0 aliphatic rings. The zero-order chi connectivity index (χ0) is 19.9. The maximum absolute atomic E-state index is 12.1. The molecule has 1 N–H and O–H groups in total. The van der Waals surface area contributed by atoms with Gasteiger partial charge in [0.1, 0.15) is 0 Å². The Labute approximate surface area is 171 Å². The molecule has 0 unspecified atom stereocenters. The van der Waals surface area contributed by atoms with Crippen LogP contribution in [-0.2, 0) is 17.8 Å². The van der Waals surface area contributed by atoms with Crippen molar-refractivity contribution in [3.05, 3.63) is 58.4 Å². The van der Waals surface area contributed by atoms with E-state index < -0.39 is 0 Å². The Balaban J connectivity index is 1.51. The van der Waals surface area contributed by atoms with Gasteiger partial charge in [0.2, 0.25) is 17.6 Å². The summed E-state index contributed by atoms with van der Waals surface area (Å²) in [6.07, 6.45) is 0.918. The fraction of sp³-hybridized carbons (Fsp3) is 0.250. The van der Waals surface area contributed by atoms with Crippen molar-refractivity contribution in [1.82, 2.24) is 15.5 Å². The smallest absolute Gasteiger partial charge is 0.246 e. The number of hydrogen-bond acceptors (Lipinski definition) is 6. The Morgan fingerprint density at radius 3 is 2.71 bits per heavy atom. The largest absolute Gasteiger partial charge is 0.493 e. The lowest BCUT2D eigenvalue weighted by atomic mass is 10.1. The lowest BCUT2D eigenvalue weighted by Crippen LogP contribution is -2.23.